The van der Waals surface area contributed by atoms with Gasteiger partial charge in [0.2, 0.25) is 0 Å². The summed E-state index contributed by atoms with van der Waals surface area (Å²) in [5, 5.41) is 9.43. The van der Waals surface area contributed by atoms with E-state index < -0.39 is 6.17 Å². The van der Waals surface area contributed by atoms with Crippen LogP contribution in [0.15, 0.2) is 0 Å². The van der Waals surface area contributed by atoms with Gasteiger partial charge in [-0.15, -0.1) is 0 Å². The summed E-state index contributed by atoms with van der Waals surface area (Å²) < 4.78 is 12.6. The van der Waals surface area contributed by atoms with Crippen LogP contribution < -0.4 is 0 Å². The summed E-state index contributed by atoms with van der Waals surface area (Å²) in [5.41, 5.74) is 0. The zero-order valence-corrected chi connectivity index (χ0v) is 8.54. The van der Waals surface area contributed by atoms with E-state index in [-0.39, 0.29) is 6.10 Å². The van der Waals surface area contributed by atoms with Gasteiger partial charge < -0.3 is 5.11 Å². The maximum Gasteiger partial charge on any atom is 0.0985 e. The molecule has 1 aliphatic heterocycles. The average molecular weight is 189 g/mol. The Morgan fingerprint density at radius 3 is 2.85 bits per heavy atom. The molecule has 0 aromatic heterocycles. The standard InChI is InChI=1S/C10H20FNO/c1-8(11)5-6-12-7-10(13)4-3-9(12)2/h8-10,13H,3-7H2,1-2H3/t8?,9-,10-/m0/s1. The number of halogens is 1. The fourth-order valence-electron chi connectivity index (χ4n) is 1.81. The van der Waals surface area contributed by atoms with Crippen LogP contribution in [0.4, 0.5) is 4.39 Å². The Morgan fingerprint density at radius 1 is 1.54 bits per heavy atom. The van der Waals surface area contributed by atoms with Gasteiger partial charge in [-0.05, 0) is 33.1 Å². The van der Waals surface area contributed by atoms with Crippen molar-refractivity contribution in [1.82, 2.24) is 4.90 Å². The number of alkyl halides is 1. The molecule has 78 valence electrons. The number of piperidine rings is 1. The Morgan fingerprint density at radius 2 is 2.23 bits per heavy atom. The first-order chi connectivity index (χ1) is 6.09. The Bertz CT molecular complexity index is 152. The lowest BCUT2D eigenvalue weighted by Crippen LogP contribution is -2.44. The molecule has 1 saturated heterocycles. The highest BCUT2D eigenvalue weighted by Gasteiger charge is 2.23. The van der Waals surface area contributed by atoms with Gasteiger partial charge in [-0.25, -0.2) is 4.39 Å². The van der Waals surface area contributed by atoms with Gasteiger partial charge in [0.05, 0.1) is 12.3 Å². The highest BCUT2D eigenvalue weighted by atomic mass is 19.1. The van der Waals surface area contributed by atoms with Crippen LogP contribution in [0.3, 0.4) is 0 Å². The predicted octanol–water partition coefficient (Wildman–Crippen LogP) is 1.58. The summed E-state index contributed by atoms with van der Waals surface area (Å²) in [6.07, 6.45) is 1.57. The molecule has 1 aliphatic rings. The number of likely N-dealkylation sites (tertiary alicyclic amines) is 1. The molecule has 3 atom stereocenters. The molecule has 0 saturated carbocycles. The van der Waals surface area contributed by atoms with Crippen LogP contribution in [0.1, 0.15) is 33.1 Å². The normalized spacial score (nSPS) is 33.2. The molecule has 0 aromatic carbocycles. The lowest BCUT2D eigenvalue weighted by Gasteiger charge is -2.36. The van der Waals surface area contributed by atoms with Crippen molar-refractivity contribution in [3.63, 3.8) is 0 Å². The summed E-state index contributed by atoms with van der Waals surface area (Å²) >= 11 is 0. The third-order valence-corrected chi connectivity index (χ3v) is 2.80. The Balaban J connectivity index is 2.29. The minimum absolute atomic E-state index is 0.203. The van der Waals surface area contributed by atoms with Crippen molar-refractivity contribution in [2.24, 2.45) is 0 Å². The van der Waals surface area contributed by atoms with Crippen molar-refractivity contribution in [3.05, 3.63) is 0 Å². The van der Waals surface area contributed by atoms with E-state index in [9.17, 15) is 9.50 Å². The van der Waals surface area contributed by atoms with Crippen molar-refractivity contribution < 1.29 is 9.50 Å². The van der Waals surface area contributed by atoms with Crippen molar-refractivity contribution in [3.8, 4) is 0 Å². The maximum atomic E-state index is 12.6. The third kappa shape index (κ3) is 3.61. The fourth-order valence-corrected chi connectivity index (χ4v) is 1.81. The Labute approximate surface area is 79.7 Å². The van der Waals surface area contributed by atoms with Crippen LogP contribution >= 0.6 is 0 Å². The number of hydrogen-bond donors (Lipinski definition) is 1. The van der Waals surface area contributed by atoms with Crippen molar-refractivity contribution in [1.29, 1.82) is 0 Å². The van der Waals surface area contributed by atoms with E-state index in [0.717, 1.165) is 19.4 Å². The van der Waals surface area contributed by atoms with E-state index >= 15 is 0 Å². The molecule has 1 unspecified atom stereocenters. The number of nitrogens with zero attached hydrogens (tertiary/aromatic N) is 1. The zero-order valence-electron chi connectivity index (χ0n) is 8.54. The number of rotatable bonds is 3. The molecule has 0 bridgehead atoms. The third-order valence-electron chi connectivity index (χ3n) is 2.80. The lowest BCUT2D eigenvalue weighted by molar-refractivity contribution is 0.0371. The summed E-state index contributed by atoms with van der Waals surface area (Å²) in [5.74, 6) is 0. The van der Waals surface area contributed by atoms with Gasteiger partial charge >= 0.3 is 0 Å². The fraction of sp³-hybridized carbons (Fsp3) is 1.00. The van der Waals surface area contributed by atoms with Crippen LogP contribution in [-0.2, 0) is 0 Å². The molecule has 0 aliphatic carbocycles. The summed E-state index contributed by atoms with van der Waals surface area (Å²) in [4.78, 5) is 2.18. The molecular weight excluding hydrogens is 169 g/mol. The molecule has 1 fully saturated rings. The van der Waals surface area contributed by atoms with E-state index in [2.05, 4.69) is 11.8 Å². The highest BCUT2D eigenvalue weighted by molar-refractivity contribution is 4.78. The molecule has 13 heavy (non-hydrogen) atoms. The first-order valence-corrected chi connectivity index (χ1v) is 5.15. The zero-order chi connectivity index (χ0) is 9.84. The second kappa shape index (κ2) is 4.91. The van der Waals surface area contributed by atoms with E-state index in [1.807, 2.05) is 0 Å². The maximum absolute atomic E-state index is 12.6. The van der Waals surface area contributed by atoms with Gasteiger partial charge in [-0.1, -0.05) is 0 Å². The SMILES string of the molecule is CC(F)CCN1C[C@@H](O)CC[C@@H]1C. The molecule has 1 heterocycles. The van der Waals surface area contributed by atoms with Gasteiger partial charge in [0.25, 0.3) is 0 Å². The summed E-state index contributed by atoms with van der Waals surface area (Å²) in [7, 11) is 0. The molecule has 0 amide bonds. The van der Waals surface area contributed by atoms with E-state index in [1.165, 1.54) is 0 Å². The van der Waals surface area contributed by atoms with Gasteiger partial charge in [0.15, 0.2) is 0 Å². The van der Waals surface area contributed by atoms with Crippen molar-refractivity contribution in [2.45, 2.75) is 51.4 Å². The minimum Gasteiger partial charge on any atom is -0.392 e. The molecule has 0 spiro atoms. The number of aliphatic hydroxyl groups is 1. The quantitative estimate of drug-likeness (QED) is 0.728. The predicted molar refractivity (Wildman–Crippen MR) is 51.5 cm³/mol. The lowest BCUT2D eigenvalue weighted by atomic mass is 10.0. The van der Waals surface area contributed by atoms with Gasteiger partial charge in [0, 0.05) is 19.1 Å². The summed E-state index contributed by atoms with van der Waals surface area (Å²) in [6.45, 7) is 5.23. The first-order valence-electron chi connectivity index (χ1n) is 5.15. The second-order valence-electron chi connectivity index (χ2n) is 4.14. The van der Waals surface area contributed by atoms with Crippen molar-refractivity contribution >= 4 is 0 Å². The summed E-state index contributed by atoms with van der Waals surface area (Å²) in [6, 6.07) is 0.502. The molecule has 1 N–H and O–H groups in total. The highest BCUT2D eigenvalue weighted by Crippen LogP contribution is 2.17. The van der Waals surface area contributed by atoms with Crippen LogP contribution in [0.2, 0.25) is 0 Å². The van der Waals surface area contributed by atoms with E-state index in [0.29, 0.717) is 19.0 Å². The Kier molecular flexibility index (Phi) is 4.13. The number of hydrogen-bond acceptors (Lipinski definition) is 2. The van der Waals surface area contributed by atoms with Crippen molar-refractivity contribution in [2.75, 3.05) is 13.1 Å². The average Bonchev–Trinajstić information content (AvgIpc) is 2.06. The van der Waals surface area contributed by atoms with Crippen LogP contribution in [0.5, 0.6) is 0 Å². The van der Waals surface area contributed by atoms with Gasteiger partial charge in [-0.3, -0.25) is 4.90 Å². The van der Waals surface area contributed by atoms with Crippen LogP contribution in [-0.4, -0.2) is 41.4 Å². The van der Waals surface area contributed by atoms with Gasteiger partial charge in [0.1, 0.15) is 0 Å². The van der Waals surface area contributed by atoms with Crippen LogP contribution in [0, 0.1) is 0 Å². The largest absolute Gasteiger partial charge is 0.392 e. The smallest absolute Gasteiger partial charge is 0.0985 e. The molecular formula is C10H20FNO. The minimum atomic E-state index is -0.730. The van der Waals surface area contributed by atoms with E-state index in [4.69, 9.17) is 0 Å². The molecule has 2 nitrogen and oxygen atoms in total. The monoisotopic (exact) mass is 189 g/mol. The molecule has 1 rings (SSSR count). The second-order valence-corrected chi connectivity index (χ2v) is 4.14. The topological polar surface area (TPSA) is 23.5 Å². The molecule has 3 heteroatoms. The number of aliphatic hydroxyl groups excluding tert-OH is 1. The molecule has 0 radical (unpaired) electrons. The number of β-amino-alcohol motifs (C(OH)–C–C–N with tert-alkyl or cyclic N) is 1. The molecule has 0 aromatic rings. The first kappa shape index (κ1) is 10.9. The van der Waals surface area contributed by atoms with E-state index in [1.54, 1.807) is 6.92 Å². The Hall–Kier alpha value is -0.150. The van der Waals surface area contributed by atoms with Gasteiger partial charge in [-0.2, -0.15) is 0 Å². The van der Waals surface area contributed by atoms with Crippen LogP contribution in [0.25, 0.3) is 0 Å².